The predicted octanol–water partition coefficient (Wildman–Crippen LogP) is 2.67. The van der Waals surface area contributed by atoms with Gasteiger partial charge in [-0.3, -0.25) is 9.59 Å². The first-order valence-electron chi connectivity index (χ1n) is 9.10. The van der Waals surface area contributed by atoms with Crippen LogP contribution in [-0.2, 0) is 4.79 Å². The highest BCUT2D eigenvalue weighted by molar-refractivity contribution is 5.93. The number of likely N-dealkylation sites (tertiary alicyclic amines) is 1. The minimum absolute atomic E-state index is 0.0803. The Labute approximate surface area is 152 Å². The van der Waals surface area contributed by atoms with Gasteiger partial charge in [-0.1, -0.05) is 17.7 Å². The van der Waals surface area contributed by atoms with Crippen LogP contribution >= 0.6 is 0 Å². The molecule has 1 aromatic heterocycles. The Balaban J connectivity index is 1.56. The molecule has 1 aliphatic heterocycles. The zero-order valence-corrected chi connectivity index (χ0v) is 15.1. The summed E-state index contributed by atoms with van der Waals surface area (Å²) in [5.41, 5.74) is 3.33. The first-order valence-corrected chi connectivity index (χ1v) is 9.10. The molecular weight excluding hydrogens is 330 g/mol. The van der Waals surface area contributed by atoms with Gasteiger partial charge < -0.3 is 10.0 Å². The number of nitrogens with zero attached hydrogens (tertiary/aromatic N) is 3. The quantitative estimate of drug-likeness (QED) is 0.917. The lowest BCUT2D eigenvalue weighted by Gasteiger charge is -2.14. The van der Waals surface area contributed by atoms with E-state index in [-0.39, 0.29) is 18.4 Å². The summed E-state index contributed by atoms with van der Waals surface area (Å²) in [6.07, 6.45) is 2.16. The fourth-order valence-electron chi connectivity index (χ4n) is 3.95. The summed E-state index contributed by atoms with van der Waals surface area (Å²) in [4.78, 5) is 26.1. The van der Waals surface area contributed by atoms with Crippen LogP contribution in [0, 0.1) is 31.6 Å². The lowest BCUT2D eigenvalue weighted by Crippen LogP contribution is -2.30. The molecule has 1 N–H and O–H groups in total. The Bertz CT molecular complexity index is 852. The number of hydrogen-bond acceptors (Lipinski definition) is 3. The molecule has 0 bridgehead atoms. The van der Waals surface area contributed by atoms with Gasteiger partial charge in [0, 0.05) is 18.8 Å². The molecule has 2 fully saturated rings. The van der Waals surface area contributed by atoms with E-state index in [0.717, 1.165) is 29.8 Å². The highest BCUT2D eigenvalue weighted by Crippen LogP contribution is 2.44. The largest absolute Gasteiger partial charge is 0.481 e. The Morgan fingerprint density at radius 1 is 1.12 bits per heavy atom. The third-order valence-electron chi connectivity index (χ3n) is 5.58. The zero-order chi connectivity index (χ0) is 18.4. The number of aryl methyl sites for hydroxylation is 2. The van der Waals surface area contributed by atoms with Gasteiger partial charge >= 0.3 is 5.97 Å². The fraction of sp³-hybridized carbons (Fsp3) is 0.450. The Morgan fingerprint density at radius 2 is 1.81 bits per heavy atom. The maximum atomic E-state index is 12.9. The van der Waals surface area contributed by atoms with Crippen LogP contribution in [0.3, 0.4) is 0 Å². The van der Waals surface area contributed by atoms with Crippen molar-refractivity contribution in [1.82, 2.24) is 14.7 Å². The Hall–Kier alpha value is -2.63. The van der Waals surface area contributed by atoms with E-state index in [0.29, 0.717) is 18.2 Å². The highest BCUT2D eigenvalue weighted by Gasteiger charge is 2.47. The van der Waals surface area contributed by atoms with E-state index in [9.17, 15) is 14.7 Å². The molecule has 0 unspecified atom stereocenters. The van der Waals surface area contributed by atoms with Crippen molar-refractivity contribution >= 4 is 11.9 Å². The van der Waals surface area contributed by atoms with E-state index in [1.165, 1.54) is 0 Å². The number of carboxylic acids is 1. The van der Waals surface area contributed by atoms with E-state index >= 15 is 0 Å². The van der Waals surface area contributed by atoms with Gasteiger partial charge in [-0.25, -0.2) is 4.68 Å². The first kappa shape index (κ1) is 16.8. The van der Waals surface area contributed by atoms with Crippen LogP contribution in [0.2, 0.25) is 0 Å². The molecule has 1 saturated heterocycles. The number of carboxylic acid groups (broad SMARTS) is 1. The lowest BCUT2D eigenvalue weighted by atomic mass is 9.92. The smallest absolute Gasteiger partial charge is 0.308 e. The average Bonchev–Trinajstić information content (AvgIpc) is 3.24. The number of amides is 1. The molecule has 0 spiro atoms. The molecule has 26 heavy (non-hydrogen) atoms. The molecule has 2 aliphatic rings. The number of benzene rings is 1. The van der Waals surface area contributed by atoms with Gasteiger partial charge in [0.1, 0.15) is 0 Å². The number of rotatable bonds is 4. The topological polar surface area (TPSA) is 75.4 Å². The van der Waals surface area contributed by atoms with E-state index in [2.05, 4.69) is 5.10 Å². The maximum Gasteiger partial charge on any atom is 0.308 e. The summed E-state index contributed by atoms with van der Waals surface area (Å²) in [6.45, 7) is 4.75. The fourth-order valence-corrected chi connectivity index (χ4v) is 3.95. The van der Waals surface area contributed by atoms with Crippen LogP contribution in [-0.4, -0.2) is 44.8 Å². The molecule has 2 aromatic rings. The van der Waals surface area contributed by atoms with E-state index < -0.39 is 11.9 Å². The standard InChI is InChI=1S/C20H23N3O3/c1-12-3-7-15(8-4-12)23-13(2)9-18(21-23)19(24)22-10-16(14-5-6-14)17(11-22)20(25)26/h3-4,7-9,14,16-17H,5-6,10-11H2,1-2H3,(H,25,26)/t16-,17+/m1/s1. The number of carbonyl (C=O) groups excluding carboxylic acids is 1. The third kappa shape index (κ3) is 3.00. The van der Waals surface area contributed by atoms with E-state index in [4.69, 9.17) is 0 Å². The van der Waals surface area contributed by atoms with Crippen molar-refractivity contribution in [3.05, 3.63) is 47.3 Å². The Kier molecular flexibility index (Phi) is 4.05. The third-order valence-corrected chi connectivity index (χ3v) is 5.58. The van der Waals surface area contributed by atoms with Crippen molar-refractivity contribution in [3.63, 3.8) is 0 Å². The van der Waals surface area contributed by atoms with Crippen LogP contribution < -0.4 is 0 Å². The summed E-state index contributed by atoms with van der Waals surface area (Å²) in [7, 11) is 0. The molecule has 4 rings (SSSR count). The molecule has 136 valence electrons. The number of aromatic nitrogens is 2. The molecule has 1 saturated carbocycles. The second-order valence-corrected chi connectivity index (χ2v) is 7.57. The summed E-state index contributed by atoms with van der Waals surface area (Å²) in [5.74, 6) is -0.879. The van der Waals surface area contributed by atoms with Gasteiger partial charge in [-0.05, 0) is 56.7 Å². The van der Waals surface area contributed by atoms with Gasteiger partial charge in [0.25, 0.3) is 5.91 Å². The summed E-state index contributed by atoms with van der Waals surface area (Å²) >= 11 is 0. The molecular formula is C20H23N3O3. The monoisotopic (exact) mass is 353 g/mol. The molecule has 6 heteroatoms. The SMILES string of the molecule is Cc1ccc(-n2nc(C(=O)N3C[C@H](C(=O)O)[C@@H](C4CC4)C3)cc2C)cc1. The summed E-state index contributed by atoms with van der Waals surface area (Å²) in [5, 5.41) is 14.0. The molecule has 1 amide bonds. The maximum absolute atomic E-state index is 12.9. The van der Waals surface area contributed by atoms with Gasteiger partial charge in [0.2, 0.25) is 0 Å². The number of aliphatic carboxylic acids is 1. The Morgan fingerprint density at radius 3 is 2.42 bits per heavy atom. The molecule has 2 atom stereocenters. The second kappa shape index (κ2) is 6.27. The van der Waals surface area contributed by atoms with Gasteiger partial charge in [-0.15, -0.1) is 0 Å². The van der Waals surface area contributed by atoms with E-state index in [1.807, 2.05) is 38.1 Å². The molecule has 0 radical (unpaired) electrons. The zero-order valence-electron chi connectivity index (χ0n) is 15.1. The van der Waals surface area contributed by atoms with Crippen molar-refractivity contribution in [2.45, 2.75) is 26.7 Å². The minimum Gasteiger partial charge on any atom is -0.481 e. The van der Waals surface area contributed by atoms with Crippen LogP contribution in [0.4, 0.5) is 0 Å². The van der Waals surface area contributed by atoms with Crippen molar-refractivity contribution in [1.29, 1.82) is 0 Å². The van der Waals surface area contributed by atoms with Crippen molar-refractivity contribution in [2.75, 3.05) is 13.1 Å². The minimum atomic E-state index is -0.793. The molecule has 1 aromatic carbocycles. The summed E-state index contributed by atoms with van der Waals surface area (Å²) in [6, 6.07) is 9.75. The van der Waals surface area contributed by atoms with Gasteiger partial charge in [-0.2, -0.15) is 5.10 Å². The molecule has 1 aliphatic carbocycles. The van der Waals surface area contributed by atoms with Crippen LogP contribution in [0.5, 0.6) is 0 Å². The number of carbonyl (C=O) groups is 2. The predicted molar refractivity (Wildman–Crippen MR) is 96.3 cm³/mol. The normalized spacial score (nSPS) is 22.6. The highest BCUT2D eigenvalue weighted by atomic mass is 16.4. The first-order chi connectivity index (χ1) is 12.4. The van der Waals surface area contributed by atoms with Crippen molar-refractivity contribution < 1.29 is 14.7 Å². The lowest BCUT2D eigenvalue weighted by molar-refractivity contribution is -0.142. The van der Waals surface area contributed by atoms with Gasteiger partial charge in [0.15, 0.2) is 5.69 Å². The van der Waals surface area contributed by atoms with Crippen LogP contribution in [0.25, 0.3) is 5.69 Å². The van der Waals surface area contributed by atoms with E-state index in [1.54, 1.807) is 15.6 Å². The van der Waals surface area contributed by atoms with Crippen LogP contribution in [0.1, 0.15) is 34.6 Å². The second-order valence-electron chi connectivity index (χ2n) is 7.57. The average molecular weight is 353 g/mol. The van der Waals surface area contributed by atoms with Crippen molar-refractivity contribution in [3.8, 4) is 5.69 Å². The van der Waals surface area contributed by atoms with Gasteiger partial charge in [0.05, 0.1) is 11.6 Å². The number of hydrogen-bond donors (Lipinski definition) is 1. The summed E-state index contributed by atoms with van der Waals surface area (Å²) < 4.78 is 1.76. The molecule has 6 nitrogen and oxygen atoms in total. The van der Waals surface area contributed by atoms with Crippen LogP contribution in [0.15, 0.2) is 30.3 Å². The van der Waals surface area contributed by atoms with Crippen molar-refractivity contribution in [2.24, 2.45) is 17.8 Å². The molecule has 2 heterocycles.